The van der Waals surface area contributed by atoms with Crippen molar-refractivity contribution in [2.75, 3.05) is 13.7 Å². The van der Waals surface area contributed by atoms with Gasteiger partial charge in [-0.1, -0.05) is 81.4 Å². The summed E-state index contributed by atoms with van der Waals surface area (Å²) in [7, 11) is 1.53. The Balaban J connectivity index is 1.95. The van der Waals surface area contributed by atoms with Gasteiger partial charge in [-0.2, -0.15) is 0 Å². The lowest BCUT2D eigenvalue weighted by Crippen LogP contribution is -2.50. The molecule has 4 N–H and O–H groups in total. The molecule has 7 atom stereocenters. The summed E-state index contributed by atoms with van der Waals surface area (Å²) in [4.78, 5) is 27.1. The first-order chi connectivity index (χ1) is 22.6. The first-order valence-corrected chi connectivity index (χ1v) is 17.1. The van der Waals surface area contributed by atoms with Gasteiger partial charge in [0.2, 0.25) is 5.91 Å². The van der Waals surface area contributed by atoms with E-state index < -0.39 is 53.3 Å². The fraction of sp³-hybridized carbons (Fsp3) is 0.514. The van der Waals surface area contributed by atoms with Crippen LogP contribution < -0.4 is 15.4 Å². The fourth-order valence-corrected chi connectivity index (χ4v) is 6.02. The molecule has 264 valence electrons. The van der Waals surface area contributed by atoms with Gasteiger partial charge in [0.15, 0.2) is 12.4 Å². The Kier molecular flexibility index (Phi) is 14.8. The second-order valence-electron chi connectivity index (χ2n) is 13.4. The minimum atomic E-state index is -1.49. The van der Waals surface area contributed by atoms with Gasteiger partial charge in [-0.3, -0.25) is 9.59 Å². The summed E-state index contributed by atoms with van der Waals surface area (Å²) in [6.45, 7) is 13.1. The molecule has 0 saturated heterocycles. The lowest BCUT2D eigenvalue weighted by Gasteiger charge is -2.35. The normalized spacial score (nSPS) is 25.3. The van der Waals surface area contributed by atoms with Gasteiger partial charge in [-0.25, -0.2) is 0 Å². The summed E-state index contributed by atoms with van der Waals surface area (Å²) in [5.41, 5.74) is 0.841. The van der Waals surface area contributed by atoms with Crippen LogP contribution in [0.4, 0.5) is 0 Å². The van der Waals surface area contributed by atoms with E-state index in [0.29, 0.717) is 22.9 Å². The second-order valence-corrected chi connectivity index (χ2v) is 14.3. The van der Waals surface area contributed by atoms with Crippen LogP contribution in [0.3, 0.4) is 0 Å². The highest BCUT2D eigenvalue weighted by molar-refractivity contribution is 6.32. The Morgan fingerprint density at radius 3 is 2.44 bits per heavy atom. The number of methoxy groups -OCH3 is 1. The average Bonchev–Trinajstić information content (AvgIpc) is 3.04. The molecule has 0 unspecified atom stereocenters. The molecule has 2 aromatic carbocycles. The van der Waals surface area contributed by atoms with Gasteiger partial charge in [0.1, 0.15) is 11.8 Å². The van der Waals surface area contributed by atoms with Gasteiger partial charge in [0.05, 0.1) is 35.1 Å². The number of alkyl halides is 1. The van der Waals surface area contributed by atoms with Crippen molar-refractivity contribution in [3.8, 4) is 5.75 Å². The van der Waals surface area contributed by atoms with E-state index in [1.54, 1.807) is 45.1 Å². The molecule has 0 aliphatic carbocycles. The lowest BCUT2D eigenvalue weighted by molar-refractivity contribution is -0.222. The summed E-state index contributed by atoms with van der Waals surface area (Å²) in [6, 6.07) is 13.8. The van der Waals surface area contributed by atoms with E-state index in [-0.39, 0.29) is 31.2 Å². The maximum atomic E-state index is 13.6. The highest BCUT2D eigenvalue weighted by atomic mass is 35.5. The standard InChI is InChI=1S/C37H50Cl2N2O7/c1-22(2)18-31-35(44)47-29(24(4)33(42)32(39)26-13-9-8-10-14-26)15-11-12-23(3)41-28(20-25-16-17-30(46-7)27(38)19-25)34(43)40-21-37(5,6)36(45)48-31/h8-14,16-17,19,22,24,28-29,31-33,35,41-42,44H,3,15,18,20-21H2,1-2,4-7H3,(H,40,43)/b12-11+/t24-,28+,29-,31-,32-,33+,35-/m0/s1. The molecule has 1 aliphatic heterocycles. The zero-order valence-electron chi connectivity index (χ0n) is 28.6. The van der Waals surface area contributed by atoms with Crippen LogP contribution in [-0.2, 0) is 25.5 Å². The average molecular weight is 706 g/mol. The number of carbonyl (C=O) groups is 2. The van der Waals surface area contributed by atoms with Crippen LogP contribution in [0, 0.1) is 17.3 Å². The van der Waals surface area contributed by atoms with E-state index in [2.05, 4.69) is 17.2 Å². The third kappa shape index (κ3) is 11.2. The summed E-state index contributed by atoms with van der Waals surface area (Å²) in [6.07, 6.45) is 0.0782. The van der Waals surface area contributed by atoms with Crippen LogP contribution in [0.25, 0.3) is 0 Å². The van der Waals surface area contributed by atoms with E-state index in [1.165, 1.54) is 7.11 Å². The van der Waals surface area contributed by atoms with E-state index in [1.807, 2.05) is 50.2 Å². The number of esters is 1. The van der Waals surface area contributed by atoms with Crippen molar-refractivity contribution in [2.45, 2.75) is 89.9 Å². The summed E-state index contributed by atoms with van der Waals surface area (Å²) in [5.74, 6) is -0.937. The van der Waals surface area contributed by atoms with Crippen molar-refractivity contribution in [1.82, 2.24) is 10.6 Å². The molecule has 1 aliphatic rings. The van der Waals surface area contributed by atoms with Crippen LogP contribution in [0.15, 0.2) is 73.0 Å². The largest absolute Gasteiger partial charge is 0.495 e. The number of ether oxygens (including phenoxy) is 3. The topological polar surface area (TPSA) is 126 Å². The molecule has 0 bridgehead atoms. The molecular formula is C37H50Cl2N2O7. The molecule has 0 radical (unpaired) electrons. The van der Waals surface area contributed by atoms with Crippen LogP contribution in [-0.4, -0.2) is 66.4 Å². The van der Waals surface area contributed by atoms with Gasteiger partial charge < -0.3 is 35.1 Å². The molecule has 11 heteroatoms. The van der Waals surface area contributed by atoms with Crippen LogP contribution in [0.5, 0.6) is 5.75 Å². The molecule has 48 heavy (non-hydrogen) atoms. The van der Waals surface area contributed by atoms with Gasteiger partial charge in [-0.15, -0.1) is 11.6 Å². The number of amides is 1. The molecule has 3 rings (SSSR count). The van der Waals surface area contributed by atoms with E-state index in [0.717, 1.165) is 11.1 Å². The molecule has 0 fully saturated rings. The Hall–Kier alpha value is -3.08. The van der Waals surface area contributed by atoms with Gasteiger partial charge >= 0.3 is 5.97 Å². The zero-order chi connectivity index (χ0) is 35.6. The third-order valence-corrected chi connectivity index (χ3v) is 9.22. The molecule has 1 heterocycles. The number of carbonyl (C=O) groups excluding carboxylic acids is 2. The minimum Gasteiger partial charge on any atom is -0.495 e. The molecule has 1 amide bonds. The first-order valence-electron chi connectivity index (χ1n) is 16.3. The SMILES string of the molecule is C=C1/C=C/C[C@@H]([C@H](C)[C@@H](O)[C@@H](Cl)c2ccccc2)O[C@H](O)[C@H](CC(C)C)OC(=O)C(C)(C)CNC(=O)[C@@H](Cc2ccc(OC)c(Cl)c2)N1. The third-order valence-electron chi connectivity index (χ3n) is 8.41. The number of rotatable bonds is 9. The predicted octanol–water partition coefficient (Wildman–Crippen LogP) is 6.10. The van der Waals surface area contributed by atoms with E-state index in [4.69, 9.17) is 37.4 Å². The number of allylic oxidation sites excluding steroid dienone is 1. The van der Waals surface area contributed by atoms with Crippen molar-refractivity contribution in [3.63, 3.8) is 0 Å². The summed E-state index contributed by atoms with van der Waals surface area (Å²) < 4.78 is 17.3. The quantitative estimate of drug-likeness (QED) is 0.182. The smallest absolute Gasteiger partial charge is 0.313 e. The van der Waals surface area contributed by atoms with Crippen molar-refractivity contribution in [1.29, 1.82) is 0 Å². The van der Waals surface area contributed by atoms with Gasteiger partial charge in [-0.05, 0) is 61.9 Å². The maximum Gasteiger partial charge on any atom is 0.313 e. The second kappa shape index (κ2) is 18.1. The highest BCUT2D eigenvalue weighted by Gasteiger charge is 2.38. The number of aliphatic hydroxyl groups is 2. The lowest BCUT2D eigenvalue weighted by atomic mass is 9.90. The van der Waals surface area contributed by atoms with Crippen LogP contribution in [0.2, 0.25) is 5.02 Å². The van der Waals surface area contributed by atoms with Gasteiger partial charge in [0.25, 0.3) is 0 Å². The van der Waals surface area contributed by atoms with Crippen LogP contribution in [0.1, 0.15) is 64.0 Å². The molecule has 0 saturated carbocycles. The van der Waals surface area contributed by atoms with Crippen molar-refractivity contribution < 1.29 is 34.0 Å². The number of halogens is 2. The van der Waals surface area contributed by atoms with Gasteiger partial charge in [0, 0.05) is 24.6 Å². The maximum absolute atomic E-state index is 13.6. The Morgan fingerprint density at radius 1 is 1.12 bits per heavy atom. The molecule has 0 aromatic heterocycles. The number of cyclic esters (lactones) is 1. The van der Waals surface area contributed by atoms with Crippen molar-refractivity contribution >= 4 is 35.1 Å². The summed E-state index contributed by atoms with van der Waals surface area (Å²) >= 11 is 13.1. The van der Waals surface area contributed by atoms with Crippen molar-refractivity contribution in [3.05, 3.63) is 89.1 Å². The molecule has 0 spiro atoms. The molecular weight excluding hydrogens is 655 g/mol. The summed E-state index contributed by atoms with van der Waals surface area (Å²) in [5, 5.41) is 28.4. The number of hydrogen-bond acceptors (Lipinski definition) is 8. The Bertz CT molecular complexity index is 1400. The molecule has 2 aromatic rings. The Labute approximate surface area is 294 Å². The van der Waals surface area contributed by atoms with Crippen LogP contribution >= 0.6 is 23.2 Å². The van der Waals surface area contributed by atoms with E-state index >= 15 is 0 Å². The number of hydrogen-bond donors (Lipinski definition) is 4. The van der Waals surface area contributed by atoms with E-state index in [9.17, 15) is 19.8 Å². The minimum absolute atomic E-state index is 0.0255. The highest BCUT2D eigenvalue weighted by Crippen LogP contribution is 2.33. The first kappa shape index (κ1) is 39.4. The number of aliphatic hydroxyl groups excluding tert-OH is 2. The number of nitrogens with one attached hydrogen (secondary N) is 2. The monoisotopic (exact) mass is 704 g/mol. The Morgan fingerprint density at radius 2 is 1.81 bits per heavy atom. The van der Waals surface area contributed by atoms with Crippen molar-refractivity contribution in [2.24, 2.45) is 17.3 Å². The fourth-order valence-electron chi connectivity index (χ4n) is 5.37. The zero-order valence-corrected chi connectivity index (χ0v) is 30.1. The predicted molar refractivity (Wildman–Crippen MR) is 189 cm³/mol. The molecule has 9 nitrogen and oxygen atoms in total. The number of benzene rings is 2.